The number of alkyl halides is 3. The van der Waals surface area contributed by atoms with Gasteiger partial charge in [-0.25, -0.2) is 0 Å². The van der Waals surface area contributed by atoms with E-state index in [4.69, 9.17) is 5.73 Å². The van der Waals surface area contributed by atoms with Gasteiger partial charge in [0.15, 0.2) is 0 Å². The SMILES string of the molecule is CC(N)C(N1CCC(C)(O)C1)C(F)(F)F. The molecule has 0 aromatic rings. The van der Waals surface area contributed by atoms with Crippen molar-refractivity contribution < 1.29 is 18.3 Å². The molecule has 0 bridgehead atoms. The van der Waals surface area contributed by atoms with Gasteiger partial charge >= 0.3 is 6.18 Å². The lowest BCUT2D eigenvalue weighted by atomic mass is 10.1. The Kier molecular flexibility index (Phi) is 3.33. The van der Waals surface area contributed by atoms with Gasteiger partial charge in [-0.15, -0.1) is 0 Å². The Labute approximate surface area is 87.0 Å². The fraction of sp³-hybridized carbons (Fsp3) is 1.00. The van der Waals surface area contributed by atoms with Gasteiger partial charge in [-0.1, -0.05) is 0 Å². The van der Waals surface area contributed by atoms with Crippen LogP contribution in [0.15, 0.2) is 0 Å². The number of rotatable bonds is 2. The van der Waals surface area contributed by atoms with E-state index in [9.17, 15) is 18.3 Å². The van der Waals surface area contributed by atoms with Gasteiger partial charge in [0.1, 0.15) is 6.04 Å². The number of nitrogens with two attached hydrogens (primary N) is 1. The smallest absolute Gasteiger partial charge is 0.389 e. The number of nitrogens with zero attached hydrogens (tertiary/aromatic N) is 1. The van der Waals surface area contributed by atoms with Gasteiger partial charge in [0.25, 0.3) is 0 Å². The number of likely N-dealkylation sites (tertiary alicyclic amines) is 1. The molecule has 3 nitrogen and oxygen atoms in total. The van der Waals surface area contributed by atoms with E-state index >= 15 is 0 Å². The average Bonchev–Trinajstić information content (AvgIpc) is 2.25. The van der Waals surface area contributed by atoms with Crippen molar-refractivity contribution in [2.75, 3.05) is 13.1 Å². The third kappa shape index (κ3) is 3.06. The van der Waals surface area contributed by atoms with Crippen molar-refractivity contribution >= 4 is 0 Å². The Balaban J connectivity index is 2.76. The topological polar surface area (TPSA) is 49.5 Å². The summed E-state index contributed by atoms with van der Waals surface area (Å²) in [7, 11) is 0. The molecule has 0 amide bonds. The summed E-state index contributed by atoms with van der Waals surface area (Å²) < 4.78 is 38.0. The lowest BCUT2D eigenvalue weighted by molar-refractivity contribution is -0.186. The lowest BCUT2D eigenvalue weighted by Crippen LogP contribution is -2.54. The summed E-state index contributed by atoms with van der Waals surface area (Å²) in [5, 5.41) is 9.61. The van der Waals surface area contributed by atoms with Gasteiger partial charge in [0, 0.05) is 19.1 Å². The second-order valence-corrected chi connectivity index (χ2v) is 4.56. The molecule has 0 aromatic heterocycles. The van der Waals surface area contributed by atoms with E-state index < -0.39 is 23.9 Å². The molecule has 3 unspecified atom stereocenters. The highest BCUT2D eigenvalue weighted by molar-refractivity contribution is 4.94. The Morgan fingerprint density at radius 1 is 1.47 bits per heavy atom. The van der Waals surface area contributed by atoms with Crippen molar-refractivity contribution in [1.82, 2.24) is 4.90 Å². The maximum Gasteiger partial charge on any atom is 0.405 e. The zero-order valence-corrected chi connectivity index (χ0v) is 8.88. The van der Waals surface area contributed by atoms with Gasteiger partial charge < -0.3 is 10.8 Å². The Hall–Kier alpha value is -0.330. The maximum atomic E-state index is 12.7. The number of hydrogen-bond acceptors (Lipinski definition) is 3. The standard InChI is InChI=1S/C9H17F3N2O/c1-6(13)7(9(10,11)12)14-4-3-8(2,15)5-14/h6-7,15H,3-5,13H2,1-2H3. The molecule has 0 spiro atoms. The molecule has 1 saturated heterocycles. The van der Waals surface area contributed by atoms with Crippen LogP contribution in [0, 0.1) is 0 Å². The maximum absolute atomic E-state index is 12.7. The van der Waals surface area contributed by atoms with Crippen LogP contribution in [-0.2, 0) is 0 Å². The minimum absolute atomic E-state index is 0.0265. The van der Waals surface area contributed by atoms with E-state index in [0.717, 1.165) is 0 Å². The summed E-state index contributed by atoms with van der Waals surface area (Å²) in [6.07, 6.45) is -3.99. The quantitative estimate of drug-likeness (QED) is 0.729. The van der Waals surface area contributed by atoms with Gasteiger partial charge in [0.2, 0.25) is 0 Å². The van der Waals surface area contributed by atoms with E-state index in [1.54, 1.807) is 6.92 Å². The fourth-order valence-corrected chi connectivity index (χ4v) is 2.06. The predicted octanol–water partition coefficient (Wildman–Crippen LogP) is 0.721. The number of halogens is 3. The molecule has 3 N–H and O–H groups in total. The van der Waals surface area contributed by atoms with Crippen molar-refractivity contribution in [3.63, 3.8) is 0 Å². The largest absolute Gasteiger partial charge is 0.405 e. The molecule has 1 heterocycles. The molecule has 3 atom stereocenters. The number of hydrogen-bond donors (Lipinski definition) is 2. The van der Waals surface area contributed by atoms with Crippen LogP contribution in [0.25, 0.3) is 0 Å². The van der Waals surface area contributed by atoms with Crippen LogP contribution in [0.3, 0.4) is 0 Å². The molecule has 0 aliphatic carbocycles. The normalized spacial score (nSPS) is 33.0. The first kappa shape index (κ1) is 12.7. The van der Waals surface area contributed by atoms with E-state index in [0.29, 0.717) is 6.42 Å². The molecule has 1 aliphatic heterocycles. The van der Waals surface area contributed by atoms with Crippen LogP contribution in [0.5, 0.6) is 0 Å². The zero-order valence-electron chi connectivity index (χ0n) is 8.88. The van der Waals surface area contributed by atoms with Crippen molar-refractivity contribution in [3.8, 4) is 0 Å². The van der Waals surface area contributed by atoms with E-state index in [2.05, 4.69) is 0 Å². The summed E-state index contributed by atoms with van der Waals surface area (Å²) in [6, 6.07) is -2.65. The van der Waals surface area contributed by atoms with Gasteiger partial charge in [-0.3, -0.25) is 4.90 Å². The molecular weight excluding hydrogens is 209 g/mol. The lowest BCUT2D eigenvalue weighted by Gasteiger charge is -2.32. The summed E-state index contributed by atoms with van der Waals surface area (Å²) >= 11 is 0. The average molecular weight is 226 g/mol. The highest BCUT2D eigenvalue weighted by Gasteiger charge is 2.49. The number of aliphatic hydroxyl groups is 1. The molecule has 1 rings (SSSR count). The second kappa shape index (κ2) is 3.92. The molecule has 90 valence electrons. The first-order valence-corrected chi connectivity index (χ1v) is 4.92. The van der Waals surface area contributed by atoms with Crippen LogP contribution in [-0.4, -0.2) is 47.0 Å². The summed E-state index contributed by atoms with van der Waals surface area (Å²) in [4.78, 5) is 1.21. The van der Waals surface area contributed by atoms with Crippen LogP contribution in [0.1, 0.15) is 20.3 Å². The molecule has 15 heavy (non-hydrogen) atoms. The van der Waals surface area contributed by atoms with Crippen molar-refractivity contribution in [2.24, 2.45) is 5.73 Å². The zero-order chi connectivity index (χ0) is 11.9. The minimum atomic E-state index is -4.34. The Bertz CT molecular complexity index is 228. The molecular formula is C9H17F3N2O. The first-order valence-electron chi connectivity index (χ1n) is 4.92. The van der Waals surface area contributed by atoms with Crippen molar-refractivity contribution in [1.29, 1.82) is 0 Å². The third-order valence-electron chi connectivity index (χ3n) is 2.71. The molecule has 1 aliphatic rings. The van der Waals surface area contributed by atoms with E-state index in [1.807, 2.05) is 0 Å². The highest BCUT2D eigenvalue weighted by Crippen LogP contribution is 2.31. The Morgan fingerprint density at radius 2 is 2.00 bits per heavy atom. The highest BCUT2D eigenvalue weighted by atomic mass is 19.4. The summed E-state index contributed by atoms with van der Waals surface area (Å²) in [5.41, 5.74) is 4.32. The van der Waals surface area contributed by atoms with Gasteiger partial charge in [-0.05, 0) is 20.3 Å². The Morgan fingerprint density at radius 3 is 2.27 bits per heavy atom. The van der Waals surface area contributed by atoms with Crippen LogP contribution in [0.4, 0.5) is 13.2 Å². The predicted molar refractivity (Wildman–Crippen MR) is 50.3 cm³/mol. The van der Waals surface area contributed by atoms with Crippen LogP contribution < -0.4 is 5.73 Å². The van der Waals surface area contributed by atoms with Crippen molar-refractivity contribution in [2.45, 2.75) is 44.1 Å². The molecule has 0 radical (unpaired) electrons. The molecule has 6 heteroatoms. The van der Waals surface area contributed by atoms with Crippen LogP contribution >= 0.6 is 0 Å². The summed E-state index contributed by atoms with van der Waals surface area (Å²) in [6.45, 7) is 3.14. The number of β-amino-alcohol motifs (C(OH)–C–C–N with tert-alkyl or cyclic N) is 1. The van der Waals surface area contributed by atoms with Gasteiger partial charge in [-0.2, -0.15) is 13.2 Å². The first-order chi connectivity index (χ1) is 6.63. The van der Waals surface area contributed by atoms with Crippen LogP contribution in [0.2, 0.25) is 0 Å². The molecule has 0 saturated carbocycles. The van der Waals surface area contributed by atoms with Crippen molar-refractivity contribution in [3.05, 3.63) is 0 Å². The minimum Gasteiger partial charge on any atom is -0.389 e. The van der Waals surface area contributed by atoms with Gasteiger partial charge in [0.05, 0.1) is 5.60 Å². The fourth-order valence-electron chi connectivity index (χ4n) is 2.06. The van der Waals surface area contributed by atoms with E-state index in [-0.39, 0.29) is 13.1 Å². The molecule has 1 fully saturated rings. The monoisotopic (exact) mass is 226 g/mol. The van der Waals surface area contributed by atoms with E-state index in [1.165, 1.54) is 11.8 Å². The second-order valence-electron chi connectivity index (χ2n) is 4.56. The third-order valence-corrected chi connectivity index (χ3v) is 2.71. The molecule has 0 aromatic carbocycles. The summed E-state index contributed by atoms with van der Waals surface area (Å²) in [5.74, 6) is 0.